The molecule has 0 amide bonds. The average molecular weight is 342 g/mol. The highest BCUT2D eigenvalue weighted by Gasteiger charge is 2.24. The van der Waals surface area contributed by atoms with Crippen molar-refractivity contribution in [1.29, 1.82) is 0 Å². The second-order valence-electron chi connectivity index (χ2n) is 5.55. The van der Waals surface area contributed by atoms with Crippen LogP contribution in [0.1, 0.15) is 50.6 Å². The number of halogens is 1. The van der Waals surface area contributed by atoms with Crippen LogP contribution in [-0.2, 0) is 0 Å². The van der Waals surface area contributed by atoms with Crippen molar-refractivity contribution >= 4 is 15.9 Å². The van der Waals surface area contributed by atoms with Gasteiger partial charge in [-0.3, -0.25) is 0 Å². The molecule has 2 N–H and O–H groups in total. The molecule has 0 heterocycles. The molecule has 2 rings (SSSR count). The maximum Gasteiger partial charge on any atom is 0.124 e. The summed E-state index contributed by atoms with van der Waals surface area (Å²) in [7, 11) is 1.94. The van der Waals surface area contributed by atoms with E-state index >= 15 is 0 Å². The van der Waals surface area contributed by atoms with Crippen LogP contribution in [0.3, 0.4) is 0 Å². The van der Waals surface area contributed by atoms with Gasteiger partial charge in [-0.25, -0.2) is 0 Å². The Morgan fingerprint density at radius 2 is 2.05 bits per heavy atom. The molecule has 4 heteroatoms. The molecule has 0 saturated heterocycles. The van der Waals surface area contributed by atoms with Crippen molar-refractivity contribution in [2.45, 2.75) is 57.3 Å². The Bertz CT molecular complexity index is 438. The molecule has 3 unspecified atom stereocenters. The first-order valence-corrected chi connectivity index (χ1v) is 8.22. The maximum atomic E-state index is 10.2. The molecule has 0 aromatic heterocycles. The van der Waals surface area contributed by atoms with Gasteiger partial charge in [-0.15, -0.1) is 0 Å². The zero-order chi connectivity index (χ0) is 14.5. The number of aliphatic hydroxyl groups is 1. The van der Waals surface area contributed by atoms with Crippen LogP contribution >= 0.6 is 15.9 Å². The quantitative estimate of drug-likeness (QED) is 0.818. The number of aliphatic hydroxyl groups excluding tert-OH is 1. The lowest BCUT2D eigenvalue weighted by molar-refractivity contribution is 0.0312. The Balaban J connectivity index is 2.19. The predicted molar refractivity (Wildman–Crippen MR) is 85.1 cm³/mol. The molecule has 0 aliphatic heterocycles. The van der Waals surface area contributed by atoms with Crippen molar-refractivity contribution in [1.82, 2.24) is 5.32 Å². The smallest absolute Gasteiger partial charge is 0.124 e. The minimum absolute atomic E-state index is 0.0820. The van der Waals surface area contributed by atoms with Crippen LogP contribution in [0.4, 0.5) is 0 Å². The molecule has 1 aliphatic rings. The van der Waals surface area contributed by atoms with Gasteiger partial charge in [0.1, 0.15) is 11.9 Å². The summed E-state index contributed by atoms with van der Waals surface area (Å²) in [4.78, 5) is 0. The summed E-state index contributed by atoms with van der Waals surface area (Å²) in [6.07, 6.45) is 4.77. The van der Waals surface area contributed by atoms with Gasteiger partial charge < -0.3 is 15.2 Å². The third-order valence-electron chi connectivity index (χ3n) is 4.07. The summed E-state index contributed by atoms with van der Waals surface area (Å²) in [5.41, 5.74) is 1.12. The standard InChI is InChI=1S/C16H24BrNO2/c1-11(18-2)13-10-12(17)8-9-15(13)20-16-7-5-3-4-6-14(16)19/h8-11,14,16,18-19H,3-7H2,1-2H3. The normalized spacial score (nSPS) is 25.0. The summed E-state index contributed by atoms with van der Waals surface area (Å²) in [5.74, 6) is 0.876. The molecule has 3 atom stereocenters. The van der Waals surface area contributed by atoms with E-state index in [0.29, 0.717) is 0 Å². The highest BCUT2D eigenvalue weighted by molar-refractivity contribution is 9.10. The van der Waals surface area contributed by atoms with E-state index in [2.05, 4.69) is 34.2 Å². The van der Waals surface area contributed by atoms with Crippen LogP contribution in [0.2, 0.25) is 0 Å². The van der Waals surface area contributed by atoms with Gasteiger partial charge in [0, 0.05) is 16.1 Å². The van der Waals surface area contributed by atoms with Gasteiger partial charge >= 0.3 is 0 Å². The molecule has 1 aromatic carbocycles. The molecule has 3 nitrogen and oxygen atoms in total. The van der Waals surface area contributed by atoms with Crippen molar-refractivity contribution in [3.8, 4) is 5.75 Å². The molecular weight excluding hydrogens is 318 g/mol. The molecule has 1 saturated carbocycles. The maximum absolute atomic E-state index is 10.2. The Morgan fingerprint density at radius 1 is 1.30 bits per heavy atom. The SMILES string of the molecule is CNC(C)c1cc(Br)ccc1OC1CCCCCC1O. The first-order valence-electron chi connectivity index (χ1n) is 7.43. The monoisotopic (exact) mass is 341 g/mol. The predicted octanol–water partition coefficient (Wildman–Crippen LogP) is 3.80. The molecule has 1 fully saturated rings. The van der Waals surface area contributed by atoms with Crippen molar-refractivity contribution in [3.63, 3.8) is 0 Å². The van der Waals surface area contributed by atoms with E-state index in [1.165, 1.54) is 6.42 Å². The zero-order valence-electron chi connectivity index (χ0n) is 12.2. The number of benzene rings is 1. The van der Waals surface area contributed by atoms with Crippen LogP contribution in [0.15, 0.2) is 22.7 Å². The number of hydrogen-bond acceptors (Lipinski definition) is 3. The van der Waals surface area contributed by atoms with E-state index in [-0.39, 0.29) is 18.2 Å². The van der Waals surface area contributed by atoms with Gasteiger partial charge in [0.15, 0.2) is 0 Å². The van der Waals surface area contributed by atoms with Crippen molar-refractivity contribution < 1.29 is 9.84 Å². The number of hydrogen-bond donors (Lipinski definition) is 2. The van der Waals surface area contributed by atoms with Crippen molar-refractivity contribution in [3.05, 3.63) is 28.2 Å². The topological polar surface area (TPSA) is 41.5 Å². The van der Waals surface area contributed by atoms with Gasteiger partial charge in [0.25, 0.3) is 0 Å². The van der Waals surface area contributed by atoms with Crippen LogP contribution in [0, 0.1) is 0 Å². The molecule has 0 bridgehead atoms. The lowest BCUT2D eigenvalue weighted by Gasteiger charge is -2.25. The summed E-state index contributed by atoms with van der Waals surface area (Å²) < 4.78 is 7.19. The molecule has 1 aromatic rings. The minimum atomic E-state index is -0.348. The minimum Gasteiger partial charge on any atom is -0.487 e. The fraction of sp³-hybridized carbons (Fsp3) is 0.625. The third kappa shape index (κ3) is 3.96. The Kier molecular flexibility index (Phi) is 5.87. The van der Waals surface area contributed by atoms with Gasteiger partial charge in [-0.05, 0) is 51.4 Å². The van der Waals surface area contributed by atoms with Gasteiger partial charge in [0.2, 0.25) is 0 Å². The van der Waals surface area contributed by atoms with E-state index < -0.39 is 0 Å². The highest BCUT2D eigenvalue weighted by atomic mass is 79.9. The van der Waals surface area contributed by atoms with Crippen LogP contribution in [-0.4, -0.2) is 24.4 Å². The van der Waals surface area contributed by atoms with Gasteiger partial charge in [-0.1, -0.05) is 28.8 Å². The lowest BCUT2D eigenvalue weighted by Crippen LogP contribution is -2.31. The number of rotatable bonds is 4. The zero-order valence-corrected chi connectivity index (χ0v) is 13.8. The van der Waals surface area contributed by atoms with Crippen molar-refractivity contribution in [2.24, 2.45) is 0 Å². The van der Waals surface area contributed by atoms with Crippen LogP contribution in [0.25, 0.3) is 0 Å². The number of ether oxygens (including phenoxy) is 1. The summed E-state index contributed by atoms with van der Waals surface area (Å²) in [5, 5.41) is 13.4. The summed E-state index contributed by atoms with van der Waals surface area (Å²) in [6.45, 7) is 2.11. The molecule has 1 aliphatic carbocycles. The molecular formula is C16H24BrNO2. The van der Waals surface area contributed by atoms with E-state index in [9.17, 15) is 5.11 Å². The Hall–Kier alpha value is -0.580. The Labute approximate surface area is 129 Å². The molecule has 112 valence electrons. The highest BCUT2D eigenvalue weighted by Crippen LogP contribution is 2.31. The fourth-order valence-electron chi connectivity index (χ4n) is 2.68. The van der Waals surface area contributed by atoms with E-state index in [4.69, 9.17) is 4.74 Å². The first kappa shape index (κ1) is 15.8. The van der Waals surface area contributed by atoms with E-state index in [1.54, 1.807) is 0 Å². The summed E-state index contributed by atoms with van der Waals surface area (Å²) >= 11 is 3.51. The average Bonchev–Trinajstić information content (AvgIpc) is 2.65. The lowest BCUT2D eigenvalue weighted by atomic mass is 10.1. The van der Waals surface area contributed by atoms with Crippen LogP contribution in [0.5, 0.6) is 5.75 Å². The Morgan fingerprint density at radius 3 is 2.80 bits per heavy atom. The molecule has 0 radical (unpaired) electrons. The second kappa shape index (κ2) is 7.43. The van der Waals surface area contributed by atoms with E-state index in [1.807, 2.05) is 19.2 Å². The second-order valence-corrected chi connectivity index (χ2v) is 6.47. The summed E-state index contributed by atoms with van der Waals surface area (Å²) in [6, 6.07) is 6.28. The van der Waals surface area contributed by atoms with E-state index in [0.717, 1.165) is 41.5 Å². The molecule has 0 spiro atoms. The molecule has 20 heavy (non-hydrogen) atoms. The number of nitrogens with one attached hydrogen (secondary N) is 1. The van der Waals surface area contributed by atoms with Gasteiger partial charge in [-0.2, -0.15) is 0 Å². The first-order chi connectivity index (χ1) is 9.61. The largest absolute Gasteiger partial charge is 0.487 e. The third-order valence-corrected chi connectivity index (χ3v) is 4.56. The van der Waals surface area contributed by atoms with Crippen LogP contribution < -0.4 is 10.1 Å². The fourth-order valence-corrected chi connectivity index (χ4v) is 3.05. The van der Waals surface area contributed by atoms with Gasteiger partial charge in [0.05, 0.1) is 6.10 Å². The van der Waals surface area contributed by atoms with Crippen molar-refractivity contribution in [2.75, 3.05) is 7.05 Å².